The Balaban J connectivity index is 0.000000879. The quantitative estimate of drug-likeness (QED) is 0.146. The summed E-state index contributed by atoms with van der Waals surface area (Å²) in [6, 6.07) is 59.3. The normalized spacial score (nSPS) is 12.3. The first-order valence-electron chi connectivity index (χ1n) is 32.4. The lowest BCUT2D eigenvalue weighted by molar-refractivity contribution is 0.780. The van der Waals surface area contributed by atoms with E-state index in [9.17, 15) is 0 Å². The maximum absolute atomic E-state index is 2.47. The Morgan fingerprint density at radius 3 is 1.37 bits per heavy atom. The molecule has 0 heterocycles. The number of hydrogen-bond acceptors (Lipinski definition) is 0. The van der Waals surface area contributed by atoms with Crippen molar-refractivity contribution in [3.8, 4) is 33.4 Å². The molecule has 1 atom stereocenters. The molecular weight excluding hydrogens is 985 g/mol. The van der Waals surface area contributed by atoms with Gasteiger partial charge >= 0.3 is 0 Å². The van der Waals surface area contributed by atoms with Gasteiger partial charge < -0.3 is 0 Å². The maximum atomic E-state index is 2.47. The predicted octanol–water partition coefficient (Wildman–Crippen LogP) is 27.9. The van der Waals surface area contributed by atoms with Crippen LogP contribution in [0.3, 0.4) is 0 Å². The van der Waals surface area contributed by atoms with Crippen molar-refractivity contribution in [1.82, 2.24) is 0 Å². The van der Waals surface area contributed by atoms with Gasteiger partial charge in [-0.1, -0.05) is 334 Å². The van der Waals surface area contributed by atoms with Crippen molar-refractivity contribution < 1.29 is 0 Å². The third-order valence-corrected chi connectivity index (χ3v) is 13.5. The Kier molecular flexibility index (Phi) is 34.5. The number of unbranched alkanes of at least 4 members (excludes halogenated alkanes) is 1. The highest BCUT2D eigenvalue weighted by Gasteiger charge is 2.25. The topological polar surface area (TPSA) is 0 Å². The SMILES string of the molecule is CC.CC.CC.CC.CC.CCC.CCC.CCC.CCCC.Cc1cc(C2=CCCC(c3cc(C)cc(-c4cccc5c6ccccc6c6ccccc6c45)c3)=C2)cc(-c2c(-c3ccccc3)c3c(c4ccccc24)C(C)CC=C3)c1. The summed E-state index contributed by atoms with van der Waals surface area (Å²) >= 11 is 0. The third kappa shape index (κ3) is 18.1. The third-order valence-electron chi connectivity index (χ3n) is 13.5. The smallest absolute Gasteiger partial charge is 0.00203 e. The number of allylic oxidation sites excluding steroid dienone is 5. The zero-order chi connectivity index (χ0) is 61.1. The van der Waals surface area contributed by atoms with Crippen LogP contribution in [0.25, 0.3) is 93.7 Å². The molecule has 0 nitrogen and oxygen atoms in total. The Bertz CT molecular complexity index is 3300. The first-order chi connectivity index (χ1) is 40.2. The van der Waals surface area contributed by atoms with Gasteiger partial charge in [-0.2, -0.15) is 0 Å². The number of aryl methyl sites for hydroxylation is 2. The van der Waals surface area contributed by atoms with Crippen LogP contribution >= 0.6 is 0 Å². The Morgan fingerprint density at radius 2 is 0.829 bits per heavy atom. The lowest BCUT2D eigenvalue weighted by Crippen LogP contribution is -2.05. The molecule has 1 unspecified atom stereocenters. The van der Waals surface area contributed by atoms with Crippen LogP contribution in [0.1, 0.15) is 222 Å². The van der Waals surface area contributed by atoms with Crippen molar-refractivity contribution >= 4 is 60.3 Å². The molecule has 0 aliphatic heterocycles. The van der Waals surface area contributed by atoms with Crippen molar-refractivity contribution in [3.05, 3.63) is 209 Å². The second-order valence-corrected chi connectivity index (χ2v) is 20.0. The van der Waals surface area contributed by atoms with Crippen molar-refractivity contribution in [3.63, 3.8) is 0 Å². The second-order valence-electron chi connectivity index (χ2n) is 20.0. The Morgan fingerprint density at radius 1 is 0.402 bits per heavy atom. The molecule has 0 N–H and O–H groups in total. The average Bonchev–Trinajstić information content (AvgIpc) is 3.30. The van der Waals surface area contributed by atoms with E-state index in [4.69, 9.17) is 0 Å². The number of hydrogen-bond donors (Lipinski definition) is 0. The fraction of sp³-hybridized carbons (Fsp3) is 0.366. The average molecular weight is 1100 g/mol. The van der Waals surface area contributed by atoms with E-state index < -0.39 is 0 Å². The van der Waals surface area contributed by atoms with E-state index in [1.54, 1.807) is 0 Å². The highest BCUT2D eigenvalue weighted by atomic mass is 14.3. The molecule has 0 saturated heterocycles. The van der Waals surface area contributed by atoms with E-state index in [1.165, 1.54) is 153 Å². The fourth-order valence-corrected chi connectivity index (χ4v) is 10.4. The minimum atomic E-state index is 0.461. The number of rotatable bonds is 6. The van der Waals surface area contributed by atoms with E-state index in [0.29, 0.717) is 5.92 Å². The van der Waals surface area contributed by atoms with Crippen molar-refractivity contribution in [1.29, 1.82) is 0 Å². The first-order valence-corrected chi connectivity index (χ1v) is 32.4. The summed E-state index contributed by atoms with van der Waals surface area (Å²) in [5.41, 5.74) is 18.5. The van der Waals surface area contributed by atoms with E-state index in [-0.39, 0.29) is 0 Å². The lowest BCUT2D eigenvalue weighted by atomic mass is 9.76. The van der Waals surface area contributed by atoms with Crippen LogP contribution in [0, 0.1) is 13.8 Å². The van der Waals surface area contributed by atoms with E-state index in [0.717, 1.165) is 19.3 Å². The molecular formula is C82H110. The lowest BCUT2D eigenvalue weighted by Gasteiger charge is -2.27. The first kappa shape index (κ1) is 71.3. The maximum Gasteiger partial charge on any atom is -0.00203 e. The summed E-state index contributed by atoms with van der Waals surface area (Å²) in [5, 5.41) is 10.6. The van der Waals surface area contributed by atoms with Gasteiger partial charge in [-0.25, -0.2) is 0 Å². The largest absolute Gasteiger partial charge is 0.0833 e. The molecule has 0 fully saturated rings. The highest BCUT2D eigenvalue weighted by molar-refractivity contribution is 6.28. The highest BCUT2D eigenvalue weighted by Crippen LogP contribution is 2.49. The predicted molar refractivity (Wildman–Crippen MR) is 381 cm³/mol. The van der Waals surface area contributed by atoms with Crippen LogP contribution in [-0.2, 0) is 0 Å². The summed E-state index contributed by atoms with van der Waals surface area (Å²) in [4.78, 5) is 0. The summed E-state index contributed by atoms with van der Waals surface area (Å²) in [7, 11) is 0. The fourth-order valence-electron chi connectivity index (χ4n) is 10.4. The van der Waals surface area contributed by atoms with Gasteiger partial charge in [0.1, 0.15) is 0 Å². The number of benzene rings is 9. The van der Waals surface area contributed by atoms with Crippen LogP contribution in [0.2, 0.25) is 0 Å². The van der Waals surface area contributed by atoms with Crippen molar-refractivity contribution in [2.75, 3.05) is 0 Å². The van der Waals surface area contributed by atoms with Gasteiger partial charge in [-0.3, -0.25) is 0 Å². The molecule has 438 valence electrons. The van der Waals surface area contributed by atoms with Gasteiger partial charge in [0.15, 0.2) is 0 Å². The van der Waals surface area contributed by atoms with Gasteiger partial charge in [-0.15, -0.1) is 0 Å². The monoisotopic (exact) mass is 1090 g/mol. The van der Waals surface area contributed by atoms with Crippen LogP contribution in [0.5, 0.6) is 0 Å². The molecule has 0 amide bonds. The zero-order valence-electron chi connectivity index (χ0n) is 55.6. The van der Waals surface area contributed by atoms with Gasteiger partial charge in [0, 0.05) is 0 Å². The molecule has 2 aliphatic carbocycles. The zero-order valence-corrected chi connectivity index (χ0v) is 55.6. The van der Waals surface area contributed by atoms with Crippen LogP contribution in [-0.4, -0.2) is 0 Å². The molecule has 9 aromatic carbocycles. The number of fused-ring (bicyclic) bond motifs is 9. The van der Waals surface area contributed by atoms with Crippen molar-refractivity contribution in [2.45, 2.75) is 203 Å². The molecule has 9 aromatic rings. The van der Waals surface area contributed by atoms with Gasteiger partial charge in [0.25, 0.3) is 0 Å². The summed E-state index contributed by atoms with van der Waals surface area (Å²) in [6.07, 6.45) is 19.2. The molecule has 0 aromatic heterocycles. The van der Waals surface area contributed by atoms with E-state index >= 15 is 0 Å². The van der Waals surface area contributed by atoms with E-state index in [1.807, 2.05) is 69.2 Å². The van der Waals surface area contributed by atoms with Crippen LogP contribution in [0.4, 0.5) is 0 Å². The Labute approximate surface area is 502 Å². The van der Waals surface area contributed by atoms with Crippen LogP contribution < -0.4 is 0 Å². The Hall–Kier alpha value is -6.76. The standard InChI is InChI=1S/C59H46.C4H10.3C3H8.5C2H6/c1-37-30-43(35-45(32-37)47-27-15-28-52-50-22-8-7-21-48(50)49-23-9-10-24-51(49)59(47)52)41-19-14-20-42(34-41)44-31-38(2)33-46(36-44)58-54-26-12-11-25-53(54)56-39(3)16-13-29-55(56)57(58)40-17-5-4-6-18-40;1-3-4-2;3*1-3-2;5*1-2/h4-13,15,17-18,20-36,39H,14,16,19H2,1-3H3;3-4H2,1-2H3;3*3H2,1-2H3;5*1-2H3. The molecule has 82 heavy (non-hydrogen) atoms. The second kappa shape index (κ2) is 39.6. The van der Waals surface area contributed by atoms with E-state index in [2.05, 4.69) is 258 Å². The van der Waals surface area contributed by atoms with Crippen molar-refractivity contribution in [2.24, 2.45) is 0 Å². The van der Waals surface area contributed by atoms with Crippen LogP contribution in [0.15, 0.2) is 176 Å². The minimum Gasteiger partial charge on any atom is -0.0833 e. The van der Waals surface area contributed by atoms with Gasteiger partial charge in [0.2, 0.25) is 0 Å². The molecule has 0 radical (unpaired) electrons. The summed E-state index contributed by atoms with van der Waals surface area (Å²) in [5.74, 6) is 0.461. The van der Waals surface area contributed by atoms with Gasteiger partial charge in [-0.05, 0) is 172 Å². The van der Waals surface area contributed by atoms with Gasteiger partial charge in [0.05, 0.1) is 0 Å². The molecule has 0 spiro atoms. The summed E-state index contributed by atoms with van der Waals surface area (Å²) < 4.78 is 0. The molecule has 0 bridgehead atoms. The molecule has 11 rings (SSSR count). The minimum absolute atomic E-state index is 0.461. The molecule has 0 heteroatoms. The summed E-state index contributed by atoms with van der Waals surface area (Å²) in [6.45, 7) is 44.0. The molecule has 2 aliphatic rings. The molecule has 0 saturated carbocycles.